The van der Waals surface area contributed by atoms with E-state index >= 15 is 0 Å². The van der Waals surface area contributed by atoms with E-state index in [0.29, 0.717) is 37.4 Å². The predicted molar refractivity (Wildman–Crippen MR) is 125 cm³/mol. The molecule has 1 aliphatic rings. The molecule has 0 bridgehead atoms. The van der Waals surface area contributed by atoms with Crippen LogP contribution in [0.2, 0.25) is 0 Å². The number of carbonyl (C=O) groups is 2. The average Bonchev–Trinajstić information content (AvgIpc) is 3.26. The molecule has 7 heteroatoms. The first-order valence-corrected chi connectivity index (χ1v) is 11.5. The number of nitrogens with one attached hydrogen (secondary N) is 1. The molecular weight excluding hydrogens is 424 g/mol. The third-order valence-electron chi connectivity index (χ3n) is 5.36. The molecule has 1 aliphatic heterocycles. The van der Waals surface area contributed by atoms with E-state index in [-0.39, 0.29) is 11.8 Å². The van der Waals surface area contributed by atoms with Crippen LogP contribution in [0, 0.1) is 0 Å². The van der Waals surface area contributed by atoms with Gasteiger partial charge in [-0.1, -0.05) is 25.1 Å². The van der Waals surface area contributed by atoms with E-state index in [4.69, 9.17) is 9.47 Å². The Balaban J connectivity index is 1.55. The van der Waals surface area contributed by atoms with Crippen LogP contribution in [-0.2, 0) is 29.1 Å². The maximum atomic E-state index is 13.1. The van der Waals surface area contributed by atoms with Gasteiger partial charge in [0.2, 0.25) is 5.91 Å². The van der Waals surface area contributed by atoms with Gasteiger partial charge in [0.1, 0.15) is 11.5 Å². The van der Waals surface area contributed by atoms with Crippen LogP contribution in [0.4, 0.5) is 5.69 Å². The molecular formula is C25H26N2O4S. The zero-order valence-corrected chi connectivity index (χ0v) is 19.0. The van der Waals surface area contributed by atoms with Crippen LogP contribution < -0.4 is 14.8 Å². The molecule has 166 valence electrons. The Hall–Kier alpha value is -3.32. The number of benzene rings is 2. The number of amides is 2. The van der Waals surface area contributed by atoms with Crippen LogP contribution in [-0.4, -0.2) is 29.9 Å². The molecule has 1 N–H and O–H groups in total. The molecule has 2 amide bonds. The highest BCUT2D eigenvalue weighted by Gasteiger charge is 2.30. The number of nitrogens with zero attached hydrogens (tertiary/aromatic N) is 1. The number of anilines is 1. The van der Waals surface area contributed by atoms with E-state index < -0.39 is 6.10 Å². The van der Waals surface area contributed by atoms with Crippen LogP contribution in [0.15, 0.2) is 60.0 Å². The molecule has 4 rings (SSSR count). The van der Waals surface area contributed by atoms with Crippen molar-refractivity contribution in [1.29, 1.82) is 0 Å². The Morgan fingerprint density at radius 1 is 1.22 bits per heavy atom. The Bertz CT molecular complexity index is 1100. The smallest absolute Gasteiger partial charge is 0.264 e. The number of hydrogen-bond donors (Lipinski definition) is 1. The largest absolute Gasteiger partial charge is 0.497 e. The van der Waals surface area contributed by atoms with Crippen molar-refractivity contribution in [3.8, 4) is 11.5 Å². The first-order chi connectivity index (χ1) is 15.6. The summed E-state index contributed by atoms with van der Waals surface area (Å²) in [6.07, 6.45) is 0.372. The molecule has 0 fully saturated rings. The number of hydrogen-bond acceptors (Lipinski definition) is 5. The molecule has 3 aromatic rings. The van der Waals surface area contributed by atoms with Gasteiger partial charge in [-0.25, -0.2) is 0 Å². The fourth-order valence-electron chi connectivity index (χ4n) is 3.75. The Labute approximate surface area is 191 Å². The molecule has 0 unspecified atom stereocenters. The van der Waals surface area contributed by atoms with E-state index in [1.54, 1.807) is 23.3 Å². The Morgan fingerprint density at radius 2 is 2.09 bits per heavy atom. The van der Waals surface area contributed by atoms with Crippen molar-refractivity contribution in [3.05, 3.63) is 76.0 Å². The standard InChI is InChI=1S/C25H26N2O4S/c1-3-22-25(29)27(15-17-6-4-7-20(12-17)30-2)16-18-13-19(9-10-23(18)31-22)26-24(28)14-21-8-5-11-32-21/h4-13,22H,3,14-16H2,1-2H3,(H,26,28)/t22-/m0/s1. The van der Waals surface area contributed by atoms with E-state index in [9.17, 15) is 9.59 Å². The lowest BCUT2D eigenvalue weighted by Gasteiger charge is -2.23. The lowest BCUT2D eigenvalue weighted by molar-refractivity contribution is -0.139. The fourth-order valence-corrected chi connectivity index (χ4v) is 4.45. The van der Waals surface area contributed by atoms with Crippen molar-refractivity contribution in [2.24, 2.45) is 0 Å². The number of ether oxygens (including phenoxy) is 2. The molecule has 0 saturated carbocycles. The first-order valence-electron chi connectivity index (χ1n) is 10.6. The second-order valence-electron chi connectivity index (χ2n) is 7.69. The highest BCUT2D eigenvalue weighted by molar-refractivity contribution is 7.10. The molecule has 0 spiro atoms. The van der Waals surface area contributed by atoms with Gasteiger partial charge in [0, 0.05) is 29.2 Å². The van der Waals surface area contributed by atoms with Crippen molar-refractivity contribution in [3.63, 3.8) is 0 Å². The minimum Gasteiger partial charge on any atom is -0.497 e. The second-order valence-corrected chi connectivity index (χ2v) is 8.72. The molecule has 2 aromatic carbocycles. The lowest BCUT2D eigenvalue weighted by atomic mass is 10.1. The fraction of sp³-hybridized carbons (Fsp3) is 0.280. The molecule has 6 nitrogen and oxygen atoms in total. The zero-order valence-electron chi connectivity index (χ0n) is 18.2. The molecule has 0 radical (unpaired) electrons. The third-order valence-corrected chi connectivity index (χ3v) is 6.23. The Morgan fingerprint density at radius 3 is 2.84 bits per heavy atom. The summed E-state index contributed by atoms with van der Waals surface area (Å²) < 4.78 is 11.4. The average molecular weight is 451 g/mol. The molecule has 32 heavy (non-hydrogen) atoms. The monoisotopic (exact) mass is 450 g/mol. The topological polar surface area (TPSA) is 67.9 Å². The normalized spacial score (nSPS) is 15.5. The summed E-state index contributed by atoms with van der Waals surface area (Å²) >= 11 is 1.56. The van der Waals surface area contributed by atoms with Crippen molar-refractivity contribution < 1.29 is 19.1 Å². The number of carbonyl (C=O) groups excluding carboxylic acids is 2. The molecule has 0 aliphatic carbocycles. The summed E-state index contributed by atoms with van der Waals surface area (Å²) in [4.78, 5) is 28.4. The van der Waals surface area contributed by atoms with Crippen molar-refractivity contribution in [1.82, 2.24) is 4.90 Å². The third kappa shape index (κ3) is 5.11. The van der Waals surface area contributed by atoms with E-state index in [1.807, 2.05) is 66.9 Å². The summed E-state index contributed by atoms with van der Waals surface area (Å²) in [5, 5.41) is 4.92. The van der Waals surface area contributed by atoms with Crippen LogP contribution in [0.1, 0.15) is 29.3 Å². The number of fused-ring (bicyclic) bond motifs is 1. The van der Waals surface area contributed by atoms with Gasteiger partial charge in [-0.15, -0.1) is 11.3 Å². The van der Waals surface area contributed by atoms with Gasteiger partial charge in [-0.2, -0.15) is 0 Å². The summed E-state index contributed by atoms with van der Waals surface area (Å²) in [5.41, 5.74) is 2.54. The Kier molecular flexibility index (Phi) is 6.75. The summed E-state index contributed by atoms with van der Waals surface area (Å²) in [6.45, 7) is 2.79. The van der Waals surface area contributed by atoms with Gasteiger partial charge in [0.05, 0.1) is 13.5 Å². The van der Waals surface area contributed by atoms with Crippen LogP contribution in [0.5, 0.6) is 11.5 Å². The molecule has 1 aromatic heterocycles. The van der Waals surface area contributed by atoms with Gasteiger partial charge in [-0.3, -0.25) is 9.59 Å². The SMILES string of the molecule is CC[C@@H]1Oc2ccc(NC(=O)Cc3cccs3)cc2CN(Cc2cccc(OC)c2)C1=O. The predicted octanol–water partition coefficient (Wildman–Crippen LogP) is 4.64. The first kappa shape index (κ1) is 21.9. The summed E-state index contributed by atoms with van der Waals surface area (Å²) in [5.74, 6) is 1.31. The highest BCUT2D eigenvalue weighted by atomic mass is 32.1. The van der Waals surface area contributed by atoms with Crippen molar-refractivity contribution in [2.45, 2.75) is 39.0 Å². The number of thiophene rings is 1. The van der Waals surface area contributed by atoms with E-state index in [1.165, 1.54) is 0 Å². The minimum absolute atomic E-state index is 0.0465. The van der Waals surface area contributed by atoms with Gasteiger partial charge in [0.25, 0.3) is 5.91 Å². The molecule has 0 saturated heterocycles. The summed E-state index contributed by atoms with van der Waals surface area (Å²) in [6, 6.07) is 17.1. The van der Waals surface area contributed by atoms with E-state index in [0.717, 1.165) is 21.8 Å². The number of rotatable bonds is 7. The quantitative estimate of drug-likeness (QED) is 0.570. The van der Waals surface area contributed by atoms with Gasteiger partial charge < -0.3 is 19.7 Å². The van der Waals surface area contributed by atoms with Gasteiger partial charge in [-0.05, 0) is 53.8 Å². The second kappa shape index (κ2) is 9.87. The van der Waals surface area contributed by atoms with Crippen molar-refractivity contribution in [2.75, 3.05) is 12.4 Å². The number of methoxy groups -OCH3 is 1. The maximum absolute atomic E-state index is 13.1. The highest BCUT2D eigenvalue weighted by Crippen LogP contribution is 2.30. The molecule has 1 atom stereocenters. The summed E-state index contributed by atoms with van der Waals surface area (Å²) in [7, 11) is 1.63. The van der Waals surface area contributed by atoms with Crippen LogP contribution in [0.25, 0.3) is 0 Å². The van der Waals surface area contributed by atoms with E-state index in [2.05, 4.69) is 5.32 Å². The van der Waals surface area contributed by atoms with Crippen molar-refractivity contribution >= 4 is 28.8 Å². The lowest BCUT2D eigenvalue weighted by Crippen LogP contribution is -2.38. The minimum atomic E-state index is -0.541. The van der Waals surface area contributed by atoms with Gasteiger partial charge >= 0.3 is 0 Å². The van der Waals surface area contributed by atoms with Crippen LogP contribution in [0.3, 0.4) is 0 Å². The van der Waals surface area contributed by atoms with Gasteiger partial charge in [0.15, 0.2) is 6.10 Å². The zero-order chi connectivity index (χ0) is 22.5. The molecule has 2 heterocycles. The van der Waals surface area contributed by atoms with Crippen LogP contribution >= 0.6 is 11.3 Å². The maximum Gasteiger partial charge on any atom is 0.264 e.